The average molecular weight is 266 g/mol. The number of aromatic nitrogens is 2. The van der Waals surface area contributed by atoms with Crippen molar-refractivity contribution in [3.63, 3.8) is 0 Å². The van der Waals surface area contributed by atoms with Crippen molar-refractivity contribution < 1.29 is 0 Å². The van der Waals surface area contributed by atoms with Gasteiger partial charge in [-0.25, -0.2) is 4.98 Å². The number of hydrogen-bond acceptors (Lipinski definition) is 4. The highest BCUT2D eigenvalue weighted by molar-refractivity contribution is 7.09. The Kier molecular flexibility index (Phi) is 2.99. The van der Waals surface area contributed by atoms with E-state index in [4.69, 9.17) is 11.6 Å². The summed E-state index contributed by atoms with van der Waals surface area (Å²) in [6.45, 7) is 0.900. The van der Waals surface area contributed by atoms with Crippen LogP contribution in [0.5, 0.6) is 0 Å². The molecule has 1 saturated carbocycles. The summed E-state index contributed by atoms with van der Waals surface area (Å²) in [5.41, 5.74) is 0. The molecule has 1 aliphatic rings. The summed E-state index contributed by atoms with van der Waals surface area (Å²) in [4.78, 5) is 12.1. The minimum absolute atomic E-state index is 0.458. The van der Waals surface area contributed by atoms with Crippen LogP contribution in [-0.4, -0.2) is 16.0 Å². The summed E-state index contributed by atoms with van der Waals surface area (Å²) in [6.07, 6.45) is 5.83. The van der Waals surface area contributed by atoms with E-state index >= 15 is 0 Å². The van der Waals surface area contributed by atoms with Gasteiger partial charge in [0.2, 0.25) is 0 Å². The lowest BCUT2D eigenvalue weighted by Crippen LogP contribution is -2.25. The minimum Gasteiger partial charge on any atom is -0.347 e. The molecule has 0 N–H and O–H groups in total. The van der Waals surface area contributed by atoms with Gasteiger partial charge in [0.1, 0.15) is 11.0 Å². The third-order valence-corrected chi connectivity index (χ3v) is 3.82. The van der Waals surface area contributed by atoms with Gasteiger partial charge in [0.25, 0.3) is 0 Å². The smallest absolute Gasteiger partial charge is 0.149 e. The van der Waals surface area contributed by atoms with Crippen LogP contribution in [0, 0.1) is 0 Å². The lowest BCUT2D eigenvalue weighted by atomic mass is 10.4. The van der Waals surface area contributed by atoms with Crippen LogP contribution in [0.3, 0.4) is 0 Å². The predicted molar refractivity (Wildman–Crippen MR) is 70.6 cm³/mol. The third kappa shape index (κ3) is 2.58. The molecule has 17 heavy (non-hydrogen) atoms. The maximum absolute atomic E-state index is 5.90. The Morgan fingerprint density at radius 3 is 2.94 bits per heavy atom. The van der Waals surface area contributed by atoms with E-state index in [0.717, 1.165) is 12.4 Å². The van der Waals surface area contributed by atoms with Gasteiger partial charge in [-0.15, -0.1) is 11.3 Å². The molecule has 0 bridgehead atoms. The highest BCUT2D eigenvalue weighted by Crippen LogP contribution is 2.32. The molecule has 3 nitrogen and oxygen atoms in total. The second-order valence-corrected chi connectivity index (χ2v) is 5.56. The first-order valence-corrected chi connectivity index (χ1v) is 6.85. The van der Waals surface area contributed by atoms with E-state index in [1.807, 2.05) is 0 Å². The molecule has 1 fully saturated rings. The topological polar surface area (TPSA) is 29.0 Å². The molecule has 2 aromatic heterocycles. The second kappa shape index (κ2) is 4.63. The van der Waals surface area contributed by atoms with E-state index in [-0.39, 0.29) is 0 Å². The van der Waals surface area contributed by atoms with Crippen molar-refractivity contribution in [2.75, 3.05) is 4.90 Å². The molecular formula is C12H12ClN3S. The SMILES string of the molecule is Clc1cncc(N(Cc2cccs2)C2CC2)n1. The second-order valence-electron chi connectivity index (χ2n) is 4.14. The monoisotopic (exact) mass is 265 g/mol. The van der Waals surface area contributed by atoms with Crippen LogP contribution in [0.15, 0.2) is 29.9 Å². The van der Waals surface area contributed by atoms with Crippen molar-refractivity contribution in [1.82, 2.24) is 9.97 Å². The Bertz CT molecular complexity index is 496. The molecule has 5 heteroatoms. The fourth-order valence-electron chi connectivity index (χ4n) is 1.82. The quantitative estimate of drug-likeness (QED) is 0.849. The largest absolute Gasteiger partial charge is 0.347 e. The molecule has 2 aromatic rings. The first-order chi connectivity index (χ1) is 8.33. The van der Waals surface area contributed by atoms with Crippen molar-refractivity contribution in [1.29, 1.82) is 0 Å². The molecule has 1 aliphatic carbocycles. The van der Waals surface area contributed by atoms with Gasteiger partial charge in [0, 0.05) is 10.9 Å². The molecule has 0 spiro atoms. The third-order valence-electron chi connectivity index (χ3n) is 2.78. The number of thiophene rings is 1. The van der Waals surface area contributed by atoms with E-state index in [1.165, 1.54) is 17.7 Å². The van der Waals surface area contributed by atoms with E-state index in [2.05, 4.69) is 32.4 Å². The van der Waals surface area contributed by atoms with E-state index < -0.39 is 0 Å². The molecular weight excluding hydrogens is 254 g/mol. The molecule has 0 aromatic carbocycles. The summed E-state index contributed by atoms with van der Waals surface area (Å²) < 4.78 is 0. The Labute approximate surface area is 109 Å². The number of anilines is 1. The van der Waals surface area contributed by atoms with Crippen molar-refractivity contribution in [3.8, 4) is 0 Å². The number of halogens is 1. The van der Waals surface area contributed by atoms with Gasteiger partial charge in [-0.2, -0.15) is 0 Å². The predicted octanol–water partition coefficient (Wildman–Crippen LogP) is 3.36. The Morgan fingerprint density at radius 2 is 2.29 bits per heavy atom. The summed E-state index contributed by atoms with van der Waals surface area (Å²) in [5.74, 6) is 0.883. The molecule has 0 atom stereocenters. The Hall–Kier alpha value is -1.13. The zero-order chi connectivity index (χ0) is 11.7. The molecule has 2 heterocycles. The van der Waals surface area contributed by atoms with Gasteiger partial charge in [0.05, 0.1) is 18.9 Å². The molecule has 0 saturated heterocycles. The summed E-state index contributed by atoms with van der Waals surface area (Å²) in [5, 5.41) is 2.56. The average Bonchev–Trinajstić information content (AvgIpc) is 3.03. The maximum atomic E-state index is 5.90. The van der Waals surface area contributed by atoms with Gasteiger partial charge >= 0.3 is 0 Å². The Morgan fingerprint density at radius 1 is 1.41 bits per heavy atom. The lowest BCUT2D eigenvalue weighted by Gasteiger charge is -2.22. The standard InChI is InChI=1S/C12H12ClN3S/c13-11-6-14-7-12(15-11)16(9-3-4-9)8-10-2-1-5-17-10/h1-2,5-7,9H,3-4,8H2. The number of nitrogens with zero attached hydrogens (tertiary/aromatic N) is 3. The van der Waals surface area contributed by atoms with Gasteiger partial charge < -0.3 is 4.90 Å². The van der Waals surface area contributed by atoms with Gasteiger partial charge in [-0.05, 0) is 24.3 Å². The van der Waals surface area contributed by atoms with Crippen molar-refractivity contribution >= 4 is 28.8 Å². The zero-order valence-electron chi connectivity index (χ0n) is 9.21. The van der Waals surface area contributed by atoms with E-state index in [0.29, 0.717) is 11.2 Å². The number of rotatable bonds is 4. The molecule has 0 radical (unpaired) electrons. The van der Waals surface area contributed by atoms with Gasteiger partial charge in [-0.1, -0.05) is 17.7 Å². The first kappa shape index (κ1) is 11.0. The van der Waals surface area contributed by atoms with Gasteiger partial charge in [0.15, 0.2) is 0 Å². The van der Waals surface area contributed by atoms with Crippen LogP contribution >= 0.6 is 22.9 Å². The zero-order valence-corrected chi connectivity index (χ0v) is 10.8. The lowest BCUT2D eigenvalue weighted by molar-refractivity contribution is 0.782. The van der Waals surface area contributed by atoms with Crippen LogP contribution in [-0.2, 0) is 6.54 Å². The Balaban J connectivity index is 1.85. The van der Waals surface area contributed by atoms with Crippen LogP contribution < -0.4 is 4.90 Å². The molecule has 0 amide bonds. The first-order valence-electron chi connectivity index (χ1n) is 5.59. The molecule has 0 unspecified atom stereocenters. The minimum atomic E-state index is 0.458. The van der Waals surface area contributed by atoms with Crippen LogP contribution in [0.4, 0.5) is 5.82 Å². The highest BCUT2D eigenvalue weighted by atomic mass is 35.5. The summed E-state index contributed by atoms with van der Waals surface area (Å²) >= 11 is 7.67. The molecule has 0 aliphatic heterocycles. The van der Waals surface area contributed by atoms with Crippen LogP contribution in [0.1, 0.15) is 17.7 Å². The van der Waals surface area contributed by atoms with E-state index in [1.54, 1.807) is 23.7 Å². The van der Waals surface area contributed by atoms with Crippen LogP contribution in [0.25, 0.3) is 0 Å². The fourth-order valence-corrected chi connectivity index (χ4v) is 2.67. The van der Waals surface area contributed by atoms with Crippen molar-refractivity contribution in [2.45, 2.75) is 25.4 Å². The fraction of sp³-hybridized carbons (Fsp3) is 0.333. The number of hydrogen-bond donors (Lipinski definition) is 0. The van der Waals surface area contributed by atoms with Gasteiger partial charge in [-0.3, -0.25) is 4.98 Å². The maximum Gasteiger partial charge on any atom is 0.149 e. The summed E-state index contributed by atoms with van der Waals surface area (Å²) in [6, 6.07) is 4.83. The molecule has 88 valence electrons. The highest BCUT2D eigenvalue weighted by Gasteiger charge is 2.30. The van der Waals surface area contributed by atoms with Crippen molar-refractivity contribution in [2.24, 2.45) is 0 Å². The van der Waals surface area contributed by atoms with Crippen LogP contribution in [0.2, 0.25) is 5.15 Å². The summed E-state index contributed by atoms with van der Waals surface area (Å²) in [7, 11) is 0. The molecule has 3 rings (SSSR count). The van der Waals surface area contributed by atoms with Crippen molar-refractivity contribution in [3.05, 3.63) is 39.9 Å². The van der Waals surface area contributed by atoms with E-state index in [9.17, 15) is 0 Å². The normalized spacial score (nSPS) is 14.9.